The number of aryl methyl sites for hydroxylation is 2. The molecule has 0 saturated carbocycles. The summed E-state index contributed by atoms with van der Waals surface area (Å²) in [6, 6.07) is 4.25. The molecule has 1 atom stereocenters. The monoisotopic (exact) mass is 355 g/mol. The fraction of sp³-hybridized carbons (Fsp3) is 0.526. The van der Waals surface area contributed by atoms with Crippen LogP contribution < -0.4 is 10.6 Å². The zero-order valence-electron chi connectivity index (χ0n) is 14.9. The lowest BCUT2D eigenvalue weighted by molar-refractivity contribution is 0.193. The highest BCUT2D eigenvalue weighted by atomic mass is 16.5. The molecule has 1 fully saturated rings. The SMILES string of the molecule is OCCNc1nc(NCc2cnc3c(c2)CCC3)cc([C@@H]2CCOC2)n1. The molecule has 0 amide bonds. The Balaban J connectivity index is 1.49. The minimum Gasteiger partial charge on any atom is -0.395 e. The van der Waals surface area contributed by atoms with Crippen LogP contribution in [0.15, 0.2) is 18.3 Å². The van der Waals surface area contributed by atoms with E-state index in [0.29, 0.717) is 31.6 Å². The lowest BCUT2D eigenvalue weighted by Gasteiger charge is -2.14. The third kappa shape index (κ3) is 3.94. The summed E-state index contributed by atoms with van der Waals surface area (Å²) < 4.78 is 5.49. The molecule has 2 aliphatic rings. The summed E-state index contributed by atoms with van der Waals surface area (Å²) >= 11 is 0. The maximum absolute atomic E-state index is 9.05. The van der Waals surface area contributed by atoms with Crippen LogP contribution in [0, 0.1) is 0 Å². The first-order valence-electron chi connectivity index (χ1n) is 9.34. The fourth-order valence-corrected chi connectivity index (χ4v) is 3.55. The number of hydrogen-bond donors (Lipinski definition) is 3. The van der Waals surface area contributed by atoms with Gasteiger partial charge in [-0.3, -0.25) is 4.98 Å². The third-order valence-corrected chi connectivity index (χ3v) is 4.94. The maximum atomic E-state index is 9.05. The lowest BCUT2D eigenvalue weighted by atomic mass is 10.0. The van der Waals surface area contributed by atoms with Crippen LogP contribution >= 0.6 is 0 Å². The van der Waals surface area contributed by atoms with Crippen molar-refractivity contribution < 1.29 is 9.84 Å². The van der Waals surface area contributed by atoms with E-state index in [2.05, 4.69) is 31.7 Å². The van der Waals surface area contributed by atoms with Crippen molar-refractivity contribution in [2.45, 2.75) is 38.1 Å². The first kappa shape index (κ1) is 17.2. The van der Waals surface area contributed by atoms with Gasteiger partial charge in [0.2, 0.25) is 5.95 Å². The molecule has 2 aromatic heterocycles. The van der Waals surface area contributed by atoms with Crippen LogP contribution in [0.2, 0.25) is 0 Å². The van der Waals surface area contributed by atoms with Gasteiger partial charge in [-0.05, 0) is 36.8 Å². The smallest absolute Gasteiger partial charge is 0.224 e. The van der Waals surface area contributed by atoms with E-state index in [1.807, 2.05) is 12.3 Å². The zero-order valence-corrected chi connectivity index (χ0v) is 14.9. The summed E-state index contributed by atoms with van der Waals surface area (Å²) in [5.41, 5.74) is 4.77. The van der Waals surface area contributed by atoms with Gasteiger partial charge in [-0.25, -0.2) is 4.98 Å². The van der Waals surface area contributed by atoms with Gasteiger partial charge < -0.3 is 20.5 Å². The molecule has 1 aliphatic heterocycles. The lowest BCUT2D eigenvalue weighted by Crippen LogP contribution is -2.13. The van der Waals surface area contributed by atoms with Crippen LogP contribution in [0.4, 0.5) is 11.8 Å². The second kappa shape index (κ2) is 7.97. The molecule has 7 nitrogen and oxygen atoms in total. The number of aromatic nitrogens is 3. The number of nitrogens with one attached hydrogen (secondary N) is 2. The Hall–Kier alpha value is -2.25. The van der Waals surface area contributed by atoms with Gasteiger partial charge in [0.05, 0.1) is 18.9 Å². The van der Waals surface area contributed by atoms with Gasteiger partial charge >= 0.3 is 0 Å². The molecule has 26 heavy (non-hydrogen) atoms. The predicted octanol–water partition coefficient (Wildman–Crippen LogP) is 1.88. The summed E-state index contributed by atoms with van der Waals surface area (Å²) in [5.74, 6) is 1.62. The van der Waals surface area contributed by atoms with Crippen molar-refractivity contribution >= 4 is 11.8 Å². The summed E-state index contributed by atoms with van der Waals surface area (Å²) in [5, 5.41) is 15.5. The number of aliphatic hydroxyl groups excluding tert-OH is 1. The fourth-order valence-electron chi connectivity index (χ4n) is 3.55. The van der Waals surface area contributed by atoms with E-state index < -0.39 is 0 Å². The van der Waals surface area contributed by atoms with Crippen LogP contribution in [0.3, 0.4) is 0 Å². The minimum absolute atomic E-state index is 0.0453. The van der Waals surface area contributed by atoms with Gasteiger partial charge in [0.1, 0.15) is 5.82 Å². The van der Waals surface area contributed by atoms with E-state index in [0.717, 1.165) is 37.4 Å². The van der Waals surface area contributed by atoms with Gasteiger partial charge in [0.15, 0.2) is 0 Å². The van der Waals surface area contributed by atoms with Crippen LogP contribution in [0.1, 0.15) is 41.3 Å². The molecule has 1 saturated heterocycles. The van der Waals surface area contributed by atoms with Crippen molar-refractivity contribution in [1.82, 2.24) is 15.0 Å². The van der Waals surface area contributed by atoms with Crippen LogP contribution in [-0.2, 0) is 24.1 Å². The van der Waals surface area contributed by atoms with Crippen molar-refractivity contribution in [1.29, 1.82) is 0 Å². The number of rotatable bonds is 7. The highest BCUT2D eigenvalue weighted by molar-refractivity contribution is 5.44. The topological polar surface area (TPSA) is 92.2 Å². The molecule has 0 radical (unpaired) electrons. The molecule has 0 bridgehead atoms. The van der Waals surface area contributed by atoms with Crippen molar-refractivity contribution in [3.63, 3.8) is 0 Å². The highest BCUT2D eigenvalue weighted by Gasteiger charge is 2.21. The van der Waals surface area contributed by atoms with E-state index in [1.165, 1.54) is 23.2 Å². The van der Waals surface area contributed by atoms with E-state index in [-0.39, 0.29) is 6.61 Å². The average molecular weight is 355 g/mol. The number of anilines is 2. The molecular weight excluding hydrogens is 330 g/mol. The zero-order chi connectivity index (χ0) is 17.8. The van der Waals surface area contributed by atoms with E-state index >= 15 is 0 Å². The van der Waals surface area contributed by atoms with Gasteiger partial charge in [-0.1, -0.05) is 6.07 Å². The first-order chi connectivity index (χ1) is 12.8. The van der Waals surface area contributed by atoms with Gasteiger partial charge in [0, 0.05) is 43.6 Å². The van der Waals surface area contributed by atoms with Gasteiger partial charge in [-0.2, -0.15) is 4.98 Å². The second-order valence-corrected chi connectivity index (χ2v) is 6.87. The maximum Gasteiger partial charge on any atom is 0.224 e. The number of pyridine rings is 1. The average Bonchev–Trinajstić information content (AvgIpc) is 3.35. The van der Waals surface area contributed by atoms with E-state index in [1.54, 1.807) is 0 Å². The van der Waals surface area contributed by atoms with Gasteiger partial charge in [0.25, 0.3) is 0 Å². The highest BCUT2D eigenvalue weighted by Crippen LogP contribution is 2.26. The molecule has 0 aromatic carbocycles. The summed E-state index contributed by atoms with van der Waals surface area (Å²) in [6.45, 7) is 2.63. The minimum atomic E-state index is 0.0453. The Morgan fingerprint density at radius 1 is 1.19 bits per heavy atom. The number of ether oxygens (including phenoxy) is 1. The molecule has 3 N–H and O–H groups in total. The third-order valence-electron chi connectivity index (χ3n) is 4.94. The van der Waals surface area contributed by atoms with Crippen molar-refractivity contribution in [3.05, 3.63) is 40.8 Å². The molecule has 0 spiro atoms. The van der Waals surface area contributed by atoms with Crippen molar-refractivity contribution in [3.8, 4) is 0 Å². The van der Waals surface area contributed by atoms with Crippen LogP contribution in [0.5, 0.6) is 0 Å². The number of fused-ring (bicyclic) bond motifs is 1. The number of aliphatic hydroxyl groups is 1. The molecule has 1 aliphatic carbocycles. The van der Waals surface area contributed by atoms with E-state index in [9.17, 15) is 0 Å². The second-order valence-electron chi connectivity index (χ2n) is 6.87. The van der Waals surface area contributed by atoms with Crippen LogP contribution in [0.25, 0.3) is 0 Å². The summed E-state index contributed by atoms with van der Waals surface area (Å²) in [4.78, 5) is 13.7. The summed E-state index contributed by atoms with van der Waals surface area (Å²) in [6.07, 6.45) is 6.36. The molecule has 2 aromatic rings. The molecule has 0 unspecified atom stereocenters. The number of nitrogens with zero attached hydrogens (tertiary/aromatic N) is 3. The molecular formula is C19H25N5O2. The Kier molecular flexibility index (Phi) is 5.26. The Morgan fingerprint density at radius 3 is 3.00 bits per heavy atom. The molecule has 7 heteroatoms. The van der Waals surface area contributed by atoms with Gasteiger partial charge in [-0.15, -0.1) is 0 Å². The summed E-state index contributed by atoms with van der Waals surface area (Å²) in [7, 11) is 0. The Morgan fingerprint density at radius 2 is 2.15 bits per heavy atom. The quantitative estimate of drug-likeness (QED) is 0.698. The molecule has 4 rings (SSSR count). The Bertz CT molecular complexity index is 762. The predicted molar refractivity (Wildman–Crippen MR) is 99.4 cm³/mol. The normalized spacial score (nSPS) is 18.7. The molecule has 138 valence electrons. The van der Waals surface area contributed by atoms with Crippen LogP contribution in [-0.4, -0.2) is 46.4 Å². The van der Waals surface area contributed by atoms with Crippen molar-refractivity contribution in [2.24, 2.45) is 0 Å². The largest absolute Gasteiger partial charge is 0.395 e. The Labute approximate surface area is 153 Å². The standard InChI is InChI=1S/C19H25N5O2/c25-6-5-20-19-23-17(15-4-7-26-12-15)9-18(24-19)22-11-13-8-14-2-1-3-16(14)21-10-13/h8-10,15,25H,1-7,11-12H2,(H2,20,22,23,24)/t15-/m1/s1. The van der Waals surface area contributed by atoms with E-state index in [4.69, 9.17) is 9.84 Å². The first-order valence-corrected chi connectivity index (χ1v) is 9.34. The van der Waals surface area contributed by atoms with Crippen molar-refractivity contribution in [2.75, 3.05) is 37.0 Å². The molecule has 3 heterocycles. The number of hydrogen-bond acceptors (Lipinski definition) is 7.